The summed E-state index contributed by atoms with van der Waals surface area (Å²) in [7, 11) is 0. The largest absolute Gasteiger partial charge is 0.328 e. The van der Waals surface area contributed by atoms with E-state index in [9.17, 15) is 23.7 Å². The van der Waals surface area contributed by atoms with E-state index in [2.05, 4.69) is 5.92 Å². The number of benzene rings is 1. The van der Waals surface area contributed by atoms with Crippen LogP contribution in [0.15, 0.2) is 12.1 Å². The molecular weight excluding hydrogens is 258 g/mol. The molecule has 1 rings (SSSR count). The fourth-order valence-corrected chi connectivity index (χ4v) is 1.47. The molecule has 0 aliphatic carbocycles. The molecule has 19 heavy (non-hydrogen) atoms. The molecule has 100 valence electrons. The number of rotatable bonds is 4. The summed E-state index contributed by atoms with van der Waals surface area (Å²) < 4.78 is 26.1. The van der Waals surface area contributed by atoms with Gasteiger partial charge >= 0.3 is 0 Å². The third kappa shape index (κ3) is 3.04. The van der Waals surface area contributed by atoms with E-state index in [1.807, 2.05) is 0 Å². The summed E-state index contributed by atoms with van der Waals surface area (Å²) in [6.07, 6.45) is 5.06. The number of hydrogen-bond donors (Lipinski definition) is 0. The molecule has 1 aromatic carbocycles. The van der Waals surface area contributed by atoms with Crippen molar-refractivity contribution in [1.82, 2.24) is 4.90 Å². The average molecular weight is 268 g/mol. The predicted octanol–water partition coefficient (Wildman–Crippen LogP) is 1.97. The van der Waals surface area contributed by atoms with Gasteiger partial charge in [-0.15, -0.1) is 6.42 Å². The Labute approximate surface area is 108 Å². The molecule has 0 saturated heterocycles. The summed E-state index contributed by atoms with van der Waals surface area (Å²) >= 11 is 0. The monoisotopic (exact) mass is 268 g/mol. The van der Waals surface area contributed by atoms with Gasteiger partial charge in [-0.2, -0.15) is 0 Å². The number of carbonyl (C=O) groups excluding carboxylic acids is 1. The van der Waals surface area contributed by atoms with Gasteiger partial charge in [-0.05, 0) is 13.0 Å². The lowest BCUT2D eigenvalue weighted by Gasteiger charge is -2.17. The maximum atomic E-state index is 13.1. The third-order valence-electron chi connectivity index (χ3n) is 2.42. The van der Waals surface area contributed by atoms with E-state index in [1.54, 1.807) is 6.92 Å². The van der Waals surface area contributed by atoms with Crippen molar-refractivity contribution in [3.05, 3.63) is 39.4 Å². The zero-order valence-electron chi connectivity index (χ0n) is 10.0. The van der Waals surface area contributed by atoms with Crippen molar-refractivity contribution >= 4 is 11.6 Å². The average Bonchev–Trinajstić information content (AvgIpc) is 2.37. The fraction of sp³-hybridized carbons (Fsp3) is 0.250. The van der Waals surface area contributed by atoms with E-state index >= 15 is 0 Å². The summed E-state index contributed by atoms with van der Waals surface area (Å²) in [6.45, 7) is 1.73. The highest BCUT2D eigenvalue weighted by molar-refractivity contribution is 5.98. The molecule has 0 fully saturated rings. The number of nitrogens with zero attached hydrogens (tertiary/aromatic N) is 2. The number of hydrogen-bond acceptors (Lipinski definition) is 3. The summed E-state index contributed by atoms with van der Waals surface area (Å²) in [5.41, 5.74) is -1.32. The highest BCUT2D eigenvalue weighted by Gasteiger charge is 2.26. The van der Waals surface area contributed by atoms with Gasteiger partial charge in [0.1, 0.15) is 5.56 Å². The molecule has 1 aromatic rings. The molecule has 0 N–H and O–H groups in total. The molecule has 0 radical (unpaired) electrons. The summed E-state index contributed by atoms with van der Waals surface area (Å²) in [5.74, 6) is -1.32. The maximum Gasteiger partial charge on any atom is 0.285 e. The van der Waals surface area contributed by atoms with Crippen molar-refractivity contribution in [2.24, 2.45) is 0 Å². The molecule has 5 nitrogen and oxygen atoms in total. The van der Waals surface area contributed by atoms with E-state index in [1.165, 1.54) is 0 Å². The lowest BCUT2D eigenvalue weighted by atomic mass is 10.1. The van der Waals surface area contributed by atoms with Crippen LogP contribution in [0.2, 0.25) is 0 Å². The van der Waals surface area contributed by atoms with Gasteiger partial charge in [0.25, 0.3) is 11.6 Å². The number of nitro benzene ring substituents is 1. The topological polar surface area (TPSA) is 63.5 Å². The zero-order chi connectivity index (χ0) is 14.6. The Balaban J connectivity index is 3.33. The van der Waals surface area contributed by atoms with Crippen molar-refractivity contribution in [2.75, 3.05) is 13.1 Å². The first kappa shape index (κ1) is 14.6. The van der Waals surface area contributed by atoms with Crippen LogP contribution in [-0.4, -0.2) is 28.8 Å². The second-order valence-electron chi connectivity index (χ2n) is 3.56. The van der Waals surface area contributed by atoms with Crippen molar-refractivity contribution in [2.45, 2.75) is 6.92 Å². The van der Waals surface area contributed by atoms with Gasteiger partial charge in [0, 0.05) is 6.54 Å². The van der Waals surface area contributed by atoms with E-state index in [-0.39, 0.29) is 13.1 Å². The smallest absolute Gasteiger partial charge is 0.285 e. The number of carbonyl (C=O) groups is 1. The predicted molar refractivity (Wildman–Crippen MR) is 63.4 cm³/mol. The van der Waals surface area contributed by atoms with Crippen LogP contribution < -0.4 is 0 Å². The minimum atomic E-state index is -1.39. The minimum Gasteiger partial charge on any atom is -0.328 e. The summed E-state index contributed by atoms with van der Waals surface area (Å²) in [5, 5.41) is 10.8. The molecule has 0 heterocycles. The highest BCUT2D eigenvalue weighted by Crippen LogP contribution is 2.23. The summed E-state index contributed by atoms with van der Waals surface area (Å²) in [6, 6.07) is 0.890. The van der Waals surface area contributed by atoms with Crippen LogP contribution in [0, 0.1) is 34.1 Å². The summed E-state index contributed by atoms with van der Waals surface area (Å²) in [4.78, 5) is 22.9. The van der Waals surface area contributed by atoms with Crippen LogP contribution in [-0.2, 0) is 0 Å². The van der Waals surface area contributed by atoms with Crippen molar-refractivity contribution in [3.8, 4) is 12.3 Å². The molecule has 0 unspecified atom stereocenters. The molecule has 0 saturated carbocycles. The normalized spacial score (nSPS) is 9.79. The number of halogens is 2. The highest BCUT2D eigenvalue weighted by atomic mass is 19.2. The van der Waals surface area contributed by atoms with Crippen LogP contribution in [0.1, 0.15) is 17.3 Å². The van der Waals surface area contributed by atoms with Gasteiger partial charge in [-0.1, -0.05) is 5.92 Å². The lowest BCUT2D eigenvalue weighted by Crippen LogP contribution is -2.31. The second-order valence-corrected chi connectivity index (χ2v) is 3.56. The maximum absolute atomic E-state index is 13.1. The van der Waals surface area contributed by atoms with E-state index in [0.29, 0.717) is 12.1 Å². The van der Waals surface area contributed by atoms with Crippen molar-refractivity contribution in [3.63, 3.8) is 0 Å². The molecular formula is C12H10F2N2O3. The number of amides is 1. The second kappa shape index (κ2) is 5.91. The van der Waals surface area contributed by atoms with E-state index in [0.717, 1.165) is 4.90 Å². The fourth-order valence-electron chi connectivity index (χ4n) is 1.47. The first-order valence-corrected chi connectivity index (χ1v) is 5.28. The van der Waals surface area contributed by atoms with Gasteiger partial charge in [-0.25, -0.2) is 8.78 Å². The van der Waals surface area contributed by atoms with Gasteiger partial charge in [-0.3, -0.25) is 14.9 Å². The minimum absolute atomic E-state index is 0.0779. The Morgan fingerprint density at radius 1 is 1.47 bits per heavy atom. The zero-order valence-corrected chi connectivity index (χ0v) is 10.0. The third-order valence-corrected chi connectivity index (χ3v) is 2.42. The van der Waals surface area contributed by atoms with Gasteiger partial charge < -0.3 is 4.90 Å². The van der Waals surface area contributed by atoms with Crippen LogP contribution in [0.3, 0.4) is 0 Å². The first-order valence-electron chi connectivity index (χ1n) is 5.28. The SMILES string of the molecule is C#CCN(CC)C(=O)c1cc(F)c(F)cc1[N+](=O)[O-]. The van der Waals surface area contributed by atoms with Gasteiger partial charge in [0.05, 0.1) is 17.5 Å². The van der Waals surface area contributed by atoms with Crippen molar-refractivity contribution < 1.29 is 18.5 Å². The van der Waals surface area contributed by atoms with Crippen LogP contribution in [0.5, 0.6) is 0 Å². The van der Waals surface area contributed by atoms with Crippen LogP contribution in [0.25, 0.3) is 0 Å². The molecule has 7 heteroatoms. The van der Waals surface area contributed by atoms with E-state index in [4.69, 9.17) is 6.42 Å². The number of nitro groups is 1. The van der Waals surface area contributed by atoms with Gasteiger partial charge in [0.2, 0.25) is 0 Å². The first-order chi connectivity index (χ1) is 8.92. The molecule has 0 aliphatic rings. The lowest BCUT2D eigenvalue weighted by molar-refractivity contribution is -0.385. The Kier molecular flexibility index (Phi) is 4.53. The van der Waals surface area contributed by atoms with Crippen molar-refractivity contribution in [1.29, 1.82) is 0 Å². The Hall–Kier alpha value is -2.49. The number of terminal acetylenes is 1. The molecule has 0 bridgehead atoms. The van der Waals surface area contributed by atoms with Crippen LogP contribution >= 0.6 is 0 Å². The Morgan fingerprint density at radius 2 is 2.05 bits per heavy atom. The molecule has 0 aromatic heterocycles. The molecule has 0 spiro atoms. The standard InChI is InChI=1S/C12H10F2N2O3/c1-3-5-15(4-2)12(17)8-6-9(13)10(14)7-11(8)16(18)19/h1,6-7H,4-5H2,2H3. The quantitative estimate of drug-likeness (QED) is 0.476. The Morgan fingerprint density at radius 3 is 2.53 bits per heavy atom. The molecule has 0 aliphatic heterocycles. The molecule has 1 amide bonds. The Bertz CT molecular complexity index is 567. The van der Waals surface area contributed by atoms with Crippen LogP contribution in [0.4, 0.5) is 14.5 Å². The van der Waals surface area contributed by atoms with Gasteiger partial charge in [0.15, 0.2) is 11.6 Å². The van der Waals surface area contributed by atoms with E-state index < -0.39 is 33.7 Å². The molecule has 0 atom stereocenters.